The normalized spacial score (nSPS) is 12.1. The van der Waals surface area contributed by atoms with Crippen molar-refractivity contribution in [3.05, 3.63) is 94.0 Å². The molecular formula is C31H37Cl2N3O5S. The van der Waals surface area contributed by atoms with E-state index in [9.17, 15) is 18.0 Å². The van der Waals surface area contributed by atoms with Gasteiger partial charge in [0.05, 0.1) is 19.1 Å². The molecule has 0 heterocycles. The Morgan fingerprint density at radius 3 is 2.19 bits per heavy atom. The summed E-state index contributed by atoms with van der Waals surface area (Å²) in [4.78, 5) is 29.0. The summed E-state index contributed by atoms with van der Waals surface area (Å²) in [6.07, 6.45) is 1.58. The van der Waals surface area contributed by atoms with Crippen molar-refractivity contribution in [3.8, 4) is 5.75 Å². The molecular weight excluding hydrogens is 597 g/mol. The lowest BCUT2D eigenvalue weighted by atomic mass is 10.0. The lowest BCUT2D eigenvalue weighted by Crippen LogP contribution is -2.52. The van der Waals surface area contributed by atoms with E-state index in [-0.39, 0.29) is 50.2 Å². The highest BCUT2D eigenvalue weighted by Gasteiger charge is 2.31. The number of rotatable bonds is 14. The van der Waals surface area contributed by atoms with E-state index in [0.29, 0.717) is 27.0 Å². The maximum absolute atomic E-state index is 13.9. The Hall–Kier alpha value is -3.27. The molecule has 0 bridgehead atoms. The number of benzene rings is 3. The van der Waals surface area contributed by atoms with Gasteiger partial charge in [-0.1, -0.05) is 65.7 Å². The fourth-order valence-electron chi connectivity index (χ4n) is 4.56. The quantitative estimate of drug-likeness (QED) is 0.245. The molecule has 42 heavy (non-hydrogen) atoms. The standard InChI is InChI=1S/C31H37Cl2N3O5S/c1-22(2)34-31(38)29(19-23-11-6-5-7-12-23)35(21-26-27(32)15-9-16-28(26)33)30(37)17-10-18-36(42(4,39)40)24-13-8-14-25(20-24)41-3/h5-9,11-16,20,22,29H,10,17-19,21H2,1-4H3,(H,34,38). The topological polar surface area (TPSA) is 96.0 Å². The zero-order valence-electron chi connectivity index (χ0n) is 24.2. The predicted molar refractivity (Wildman–Crippen MR) is 169 cm³/mol. The Bertz CT molecular complexity index is 1450. The molecule has 3 aromatic rings. The van der Waals surface area contributed by atoms with E-state index in [1.165, 1.54) is 16.3 Å². The average Bonchev–Trinajstić information content (AvgIpc) is 2.93. The van der Waals surface area contributed by atoms with Crippen LogP contribution in [0.4, 0.5) is 5.69 Å². The van der Waals surface area contributed by atoms with Gasteiger partial charge in [-0.3, -0.25) is 13.9 Å². The summed E-state index contributed by atoms with van der Waals surface area (Å²) < 4.78 is 31.8. The van der Waals surface area contributed by atoms with Crippen molar-refractivity contribution in [2.75, 3.05) is 24.2 Å². The maximum Gasteiger partial charge on any atom is 0.243 e. The summed E-state index contributed by atoms with van der Waals surface area (Å²) in [6.45, 7) is 3.77. The lowest BCUT2D eigenvalue weighted by molar-refractivity contribution is -0.141. The molecule has 3 aromatic carbocycles. The molecule has 2 amide bonds. The number of carbonyl (C=O) groups is 2. The fourth-order valence-corrected chi connectivity index (χ4v) is 6.03. The largest absolute Gasteiger partial charge is 0.497 e. The summed E-state index contributed by atoms with van der Waals surface area (Å²) in [5, 5.41) is 3.70. The van der Waals surface area contributed by atoms with E-state index >= 15 is 0 Å². The smallest absolute Gasteiger partial charge is 0.243 e. The van der Waals surface area contributed by atoms with Gasteiger partial charge in [-0.25, -0.2) is 8.42 Å². The molecule has 0 aliphatic rings. The van der Waals surface area contributed by atoms with Crippen molar-refractivity contribution in [2.24, 2.45) is 0 Å². The molecule has 1 N–H and O–H groups in total. The Labute approximate surface area is 258 Å². The van der Waals surface area contributed by atoms with Gasteiger partial charge in [0.15, 0.2) is 0 Å². The lowest BCUT2D eigenvalue weighted by Gasteiger charge is -2.33. The first-order valence-electron chi connectivity index (χ1n) is 13.6. The minimum atomic E-state index is -3.65. The molecule has 0 spiro atoms. The summed E-state index contributed by atoms with van der Waals surface area (Å²) >= 11 is 13.0. The molecule has 11 heteroatoms. The first kappa shape index (κ1) is 33.2. The van der Waals surface area contributed by atoms with Crippen molar-refractivity contribution in [1.82, 2.24) is 10.2 Å². The SMILES string of the molecule is COc1cccc(N(CCCC(=O)N(Cc2c(Cl)cccc2Cl)C(Cc2ccccc2)C(=O)NC(C)C)S(C)(=O)=O)c1. The van der Waals surface area contributed by atoms with Crippen LogP contribution in [0.2, 0.25) is 10.0 Å². The van der Waals surface area contributed by atoms with Crippen LogP contribution in [0, 0.1) is 0 Å². The number of hydrogen-bond acceptors (Lipinski definition) is 5. The minimum Gasteiger partial charge on any atom is -0.497 e. The number of methoxy groups -OCH3 is 1. The van der Waals surface area contributed by atoms with E-state index in [1.807, 2.05) is 44.2 Å². The Balaban J connectivity index is 1.93. The Morgan fingerprint density at radius 2 is 1.60 bits per heavy atom. The third-order valence-corrected chi connectivity index (χ3v) is 8.49. The van der Waals surface area contributed by atoms with Crippen LogP contribution in [0.5, 0.6) is 5.75 Å². The fraction of sp³-hybridized carbons (Fsp3) is 0.355. The first-order valence-corrected chi connectivity index (χ1v) is 16.2. The zero-order chi connectivity index (χ0) is 30.9. The second-order valence-corrected chi connectivity index (χ2v) is 13.0. The van der Waals surface area contributed by atoms with Gasteiger partial charge in [0.1, 0.15) is 11.8 Å². The number of anilines is 1. The van der Waals surface area contributed by atoms with Crippen LogP contribution in [-0.2, 0) is 32.6 Å². The molecule has 0 radical (unpaired) electrons. The summed E-state index contributed by atoms with van der Waals surface area (Å²) in [5.74, 6) is -0.121. The van der Waals surface area contributed by atoms with Crippen molar-refractivity contribution >= 4 is 50.7 Å². The number of halogens is 2. The van der Waals surface area contributed by atoms with Gasteiger partial charge < -0.3 is 15.0 Å². The Morgan fingerprint density at radius 1 is 0.952 bits per heavy atom. The Kier molecular flexibility index (Phi) is 12.1. The van der Waals surface area contributed by atoms with Gasteiger partial charge in [-0.05, 0) is 50.1 Å². The van der Waals surface area contributed by atoms with Crippen LogP contribution in [-0.4, -0.2) is 57.1 Å². The van der Waals surface area contributed by atoms with Crippen LogP contribution in [0.15, 0.2) is 72.8 Å². The number of nitrogens with one attached hydrogen (secondary N) is 1. The zero-order valence-corrected chi connectivity index (χ0v) is 26.5. The molecule has 0 aliphatic carbocycles. The van der Waals surface area contributed by atoms with E-state index < -0.39 is 16.1 Å². The van der Waals surface area contributed by atoms with Crippen LogP contribution >= 0.6 is 23.2 Å². The highest BCUT2D eigenvalue weighted by molar-refractivity contribution is 7.92. The van der Waals surface area contributed by atoms with Crippen LogP contribution < -0.4 is 14.4 Å². The monoisotopic (exact) mass is 633 g/mol. The van der Waals surface area contributed by atoms with Crippen molar-refractivity contribution in [1.29, 1.82) is 0 Å². The highest BCUT2D eigenvalue weighted by atomic mass is 35.5. The molecule has 0 aromatic heterocycles. The van der Waals surface area contributed by atoms with Crippen LogP contribution in [0.3, 0.4) is 0 Å². The van der Waals surface area contributed by atoms with E-state index in [2.05, 4.69) is 5.32 Å². The number of sulfonamides is 1. The third kappa shape index (κ3) is 9.37. The number of ether oxygens (including phenoxy) is 1. The summed E-state index contributed by atoms with van der Waals surface area (Å²) in [5.41, 5.74) is 1.84. The van der Waals surface area contributed by atoms with Crippen LogP contribution in [0.1, 0.15) is 37.8 Å². The van der Waals surface area contributed by atoms with Crippen LogP contribution in [0.25, 0.3) is 0 Å². The predicted octanol–water partition coefficient (Wildman–Crippen LogP) is 5.71. The molecule has 0 fully saturated rings. The van der Waals surface area contributed by atoms with Crippen molar-refractivity contribution in [2.45, 2.75) is 51.7 Å². The highest BCUT2D eigenvalue weighted by Crippen LogP contribution is 2.28. The molecule has 0 aliphatic heterocycles. The van der Waals surface area contributed by atoms with Gasteiger partial charge in [-0.15, -0.1) is 0 Å². The molecule has 1 unspecified atom stereocenters. The van der Waals surface area contributed by atoms with E-state index in [4.69, 9.17) is 27.9 Å². The second-order valence-electron chi connectivity index (χ2n) is 10.2. The molecule has 3 rings (SSSR count). The van der Waals surface area contributed by atoms with E-state index in [1.54, 1.807) is 42.5 Å². The van der Waals surface area contributed by atoms with Gasteiger partial charge in [0.25, 0.3) is 0 Å². The average molecular weight is 635 g/mol. The van der Waals surface area contributed by atoms with Crippen molar-refractivity contribution < 1.29 is 22.7 Å². The van der Waals surface area contributed by atoms with Gasteiger partial charge in [-0.2, -0.15) is 0 Å². The summed E-state index contributed by atoms with van der Waals surface area (Å²) in [6, 6.07) is 20.2. The molecule has 0 saturated heterocycles. The third-order valence-electron chi connectivity index (χ3n) is 6.59. The van der Waals surface area contributed by atoms with Crippen molar-refractivity contribution in [3.63, 3.8) is 0 Å². The number of nitrogens with zero attached hydrogens (tertiary/aromatic N) is 2. The number of hydrogen-bond donors (Lipinski definition) is 1. The number of carbonyl (C=O) groups excluding carboxylic acids is 2. The maximum atomic E-state index is 13.9. The summed E-state index contributed by atoms with van der Waals surface area (Å²) in [7, 11) is -2.15. The van der Waals surface area contributed by atoms with Gasteiger partial charge in [0, 0.05) is 53.6 Å². The second kappa shape index (κ2) is 15.3. The number of amides is 2. The van der Waals surface area contributed by atoms with E-state index in [0.717, 1.165) is 11.8 Å². The van der Waals surface area contributed by atoms with Gasteiger partial charge in [0.2, 0.25) is 21.8 Å². The molecule has 0 saturated carbocycles. The van der Waals surface area contributed by atoms with Gasteiger partial charge >= 0.3 is 0 Å². The molecule has 8 nitrogen and oxygen atoms in total. The molecule has 226 valence electrons. The molecule has 1 atom stereocenters. The minimum absolute atomic E-state index is 0.00598. The first-order chi connectivity index (χ1) is 19.9.